The molecule has 6 heteroatoms. The van der Waals surface area contributed by atoms with Crippen molar-refractivity contribution in [1.82, 2.24) is 9.13 Å². The summed E-state index contributed by atoms with van der Waals surface area (Å²) in [6.45, 7) is 0. The highest BCUT2D eigenvalue weighted by molar-refractivity contribution is 5.86. The third-order valence-electron chi connectivity index (χ3n) is 3.84. The summed E-state index contributed by atoms with van der Waals surface area (Å²) in [6, 6.07) is 16.0. The van der Waals surface area contributed by atoms with Crippen LogP contribution >= 0.6 is 0 Å². The average Bonchev–Trinajstić information content (AvgIpc) is 3.08. The Morgan fingerprint density at radius 2 is 1.54 bits per heavy atom. The van der Waals surface area contributed by atoms with E-state index < -0.39 is 5.97 Å². The fourth-order valence-corrected chi connectivity index (χ4v) is 2.44. The first-order valence-electron chi connectivity index (χ1n) is 7.79. The highest BCUT2D eigenvalue weighted by Gasteiger charge is 2.07. The van der Waals surface area contributed by atoms with E-state index in [-0.39, 0.29) is 5.69 Å². The molecule has 0 unspecified atom stereocenters. The van der Waals surface area contributed by atoms with E-state index in [9.17, 15) is 9.59 Å². The molecule has 26 heavy (non-hydrogen) atoms. The largest absolute Gasteiger partial charge is 0.466 e. The van der Waals surface area contributed by atoms with E-state index in [4.69, 9.17) is 5.26 Å². The first-order chi connectivity index (χ1) is 12.6. The molecule has 0 atom stereocenters. The van der Waals surface area contributed by atoms with E-state index in [1.807, 2.05) is 0 Å². The number of benzene rings is 2. The maximum Gasteiger partial charge on any atom is 0.337 e. The Kier molecular flexibility index (Phi) is 4.81. The Morgan fingerprint density at radius 1 is 1.00 bits per heavy atom. The van der Waals surface area contributed by atoms with Crippen LogP contribution in [0, 0.1) is 11.3 Å². The van der Waals surface area contributed by atoms with Crippen molar-refractivity contribution in [2.45, 2.75) is 0 Å². The van der Waals surface area contributed by atoms with Gasteiger partial charge in [0.05, 0.1) is 30.1 Å². The highest BCUT2D eigenvalue weighted by Crippen LogP contribution is 2.12. The SMILES string of the molecule is COC(=O)/C=C/c1ccc(-n2ccn(-c3ccc(C#N)cc3)c2=O)cc1. The Morgan fingerprint density at radius 3 is 2.04 bits per heavy atom. The van der Waals surface area contributed by atoms with E-state index in [2.05, 4.69) is 10.8 Å². The van der Waals surface area contributed by atoms with Gasteiger partial charge in [-0.25, -0.2) is 9.59 Å². The summed E-state index contributed by atoms with van der Waals surface area (Å²) < 4.78 is 7.57. The molecule has 0 amide bonds. The number of imidazole rings is 1. The van der Waals surface area contributed by atoms with Gasteiger partial charge in [0.25, 0.3) is 0 Å². The predicted molar refractivity (Wildman–Crippen MR) is 97.1 cm³/mol. The molecule has 3 rings (SSSR count). The first kappa shape index (κ1) is 17.0. The van der Waals surface area contributed by atoms with Crippen molar-refractivity contribution >= 4 is 12.0 Å². The number of carbonyl (C=O) groups is 1. The van der Waals surface area contributed by atoms with Gasteiger partial charge in [-0.2, -0.15) is 5.26 Å². The van der Waals surface area contributed by atoms with Crippen molar-refractivity contribution in [3.05, 3.63) is 88.6 Å². The number of carbonyl (C=O) groups excluding carboxylic acids is 1. The first-order valence-corrected chi connectivity index (χ1v) is 7.79. The standard InChI is InChI=1S/C20H15N3O3/c1-26-19(24)11-6-15-2-7-17(8-3-15)22-12-13-23(20(22)25)18-9-4-16(14-21)5-10-18/h2-13H,1H3/b11-6+. The van der Waals surface area contributed by atoms with Crippen LogP contribution in [-0.4, -0.2) is 22.2 Å². The van der Waals surface area contributed by atoms with Gasteiger partial charge in [0, 0.05) is 18.5 Å². The lowest BCUT2D eigenvalue weighted by Gasteiger charge is -2.03. The summed E-state index contributed by atoms with van der Waals surface area (Å²) in [5.41, 5.74) is 2.53. The Balaban J connectivity index is 1.88. The molecule has 0 aliphatic heterocycles. The second-order valence-electron chi connectivity index (χ2n) is 5.43. The van der Waals surface area contributed by atoms with Gasteiger partial charge < -0.3 is 4.74 Å². The summed E-state index contributed by atoms with van der Waals surface area (Å²) in [6.07, 6.45) is 6.33. The molecule has 0 spiro atoms. The number of esters is 1. The quantitative estimate of drug-likeness (QED) is 0.538. The number of methoxy groups -OCH3 is 1. The molecule has 0 saturated heterocycles. The van der Waals surface area contributed by atoms with Crippen LogP contribution in [0.5, 0.6) is 0 Å². The lowest BCUT2D eigenvalue weighted by atomic mass is 10.2. The summed E-state index contributed by atoms with van der Waals surface area (Å²) >= 11 is 0. The zero-order chi connectivity index (χ0) is 18.5. The van der Waals surface area contributed by atoms with E-state index >= 15 is 0 Å². The van der Waals surface area contributed by atoms with Crippen LogP contribution in [0.15, 0.2) is 71.8 Å². The van der Waals surface area contributed by atoms with Crippen molar-refractivity contribution in [2.75, 3.05) is 7.11 Å². The van der Waals surface area contributed by atoms with E-state index in [0.29, 0.717) is 16.9 Å². The molecular formula is C20H15N3O3. The molecule has 1 aromatic heterocycles. The number of nitriles is 1. The molecule has 2 aromatic carbocycles. The number of rotatable bonds is 4. The molecule has 0 fully saturated rings. The van der Waals surface area contributed by atoms with Crippen LogP contribution in [0.4, 0.5) is 0 Å². The van der Waals surface area contributed by atoms with E-state index in [1.54, 1.807) is 67.0 Å². The normalized spacial score (nSPS) is 10.6. The van der Waals surface area contributed by atoms with Gasteiger partial charge in [0.15, 0.2) is 0 Å². The van der Waals surface area contributed by atoms with Gasteiger partial charge in [-0.3, -0.25) is 9.13 Å². The van der Waals surface area contributed by atoms with Crippen molar-refractivity contribution in [3.8, 4) is 17.4 Å². The number of ether oxygens (including phenoxy) is 1. The van der Waals surface area contributed by atoms with Crippen LogP contribution in [0.3, 0.4) is 0 Å². The van der Waals surface area contributed by atoms with Crippen LogP contribution in [0.2, 0.25) is 0 Å². The zero-order valence-corrected chi connectivity index (χ0v) is 14.0. The monoisotopic (exact) mass is 345 g/mol. The van der Waals surface area contributed by atoms with Crippen LogP contribution in [0.25, 0.3) is 17.5 Å². The Hall–Kier alpha value is -3.85. The van der Waals surface area contributed by atoms with Gasteiger partial charge in [-0.1, -0.05) is 12.1 Å². The second-order valence-corrected chi connectivity index (χ2v) is 5.43. The van der Waals surface area contributed by atoms with Crippen LogP contribution < -0.4 is 5.69 Å². The highest BCUT2D eigenvalue weighted by atomic mass is 16.5. The van der Waals surface area contributed by atoms with Crippen molar-refractivity contribution in [3.63, 3.8) is 0 Å². The maximum atomic E-state index is 12.6. The van der Waals surface area contributed by atoms with Crippen LogP contribution in [-0.2, 0) is 9.53 Å². The third-order valence-corrected chi connectivity index (χ3v) is 3.84. The third kappa shape index (κ3) is 3.47. The molecule has 6 nitrogen and oxygen atoms in total. The van der Waals surface area contributed by atoms with Crippen molar-refractivity contribution < 1.29 is 9.53 Å². The summed E-state index contributed by atoms with van der Waals surface area (Å²) in [4.78, 5) is 23.8. The fourth-order valence-electron chi connectivity index (χ4n) is 2.44. The number of aromatic nitrogens is 2. The topological polar surface area (TPSA) is 77.0 Å². The minimum atomic E-state index is -0.426. The molecule has 0 N–H and O–H groups in total. The molecular weight excluding hydrogens is 330 g/mol. The minimum absolute atomic E-state index is 0.215. The van der Waals surface area contributed by atoms with Crippen molar-refractivity contribution in [1.29, 1.82) is 5.26 Å². The van der Waals surface area contributed by atoms with Gasteiger partial charge in [-0.15, -0.1) is 0 Å². The van der Waals surface area contributed by atoms with Gasteiger partial charge in [0.1, 0.15) is 0 Å². The Labute approximate surface area is 149 Å². The molecule has 0 aliphatic rings. The molecule has 1 heterocycles. The molecule has 0 radical (unpaired) electrons. The van der Waals surface area contributed by atoms with Gasteiger partial charge in [0.2, 0.25) is 0 Å². The lowest BCUT2D eigenvalue weighted by molar-refractivity contribution is -0.134. The molecule has 0 saturated carbocycles. The zero-order valence-electron chi connectivity index (χ0n) is 14.0. The average molecular weight is 345 g/mol. The maximum absolute atomic E-state index is 12.6. The molecule has 0 aliphatic carbocycles. The minimum Gasteiger partial charge on any atom is -0.466 e. The van der Waals surface area contributed by atoms with Gasteiger partial charge in [-0.05, 0) is 48.0 Å². The van der Waals surface area contributed by atoms with E-state index in [1.165, 1.54) is 22.3 Å². The predicted octanol–water partition coefficient (Wildman–Crippen LogP) is 2.69. The molecule has 3 aromatic rings. The molecule has 128 valence electrons. The Bertz CT molecular complexity index is 1050. The molecule has 0 bridgehead atoms. The van der Waals surface area contributed by atoms with Gasteiger partial charge >= 0.3 is 11.7 Å². The lowest BCUT2D eigenvalue weighted by Crippen LogP contribution is -2.21. The fraction of sp³-hybridized carbons (Fsp3) is 0.0500. The van der Waals surface area contributed by atoms with Crippen LogP contribution in [0.1, 0.15) is 11.1 Å². The smallest absolute Gasteiger partial charge is 0.337 e. The number of nitrogens with zero attached hydrogens (tertiary/aromatic N) is 3. The summed E-state index contributed by atoms with van der Waals surface area (Å²) in [7, 11) is 1.32. The second kappa shape index (κ2) is 7.36. The van der Waals surface area contributed by atoms with Crippen molar-refractivity contribution in [2.24, 2.45) is 0 Å². The summed E-state index contributed by atoms with van der Waals surface area (Å²) in [5.74, 6) is -0.426. The number of hydrogen-bond donors (Lipinski definition) is 0. The summed E-state index contributed by atoms with van der Waals surface area (Å²) in [5, 5.41) is 8.86. The van der Waals surface area contributed by atoms with E-state index in [0.717, 1.165) is 5.56 Å². The number of hydrogen-bond acceptors (Lipinski definition) is 4.